The number of carbonyl (C=O) groups is 2. The molecule has 1 aliphatic rings. The number of carbonyl (C=O) groups excluding carboxylic acids is 2. The van der Waals surface area contributed by atoms with Crippen LogP contribution in [0.15, 0.2) is 54.6 Å². The van der Waals surface area contributed by atoms with Crippen molar-refractivity contribution in [2.45, 2.75) is 38.7 Å². The standard InChI is InChI=1S/C25H29N2O3/c1-19(17-24(29)22-9-7-21(18-26)8-10-22)25(30)27(15-12-23(28)13-16-27)14-11-20-5-3-2-4-6-20/h2-10,19,23,28H,11-17H2,1H3/q+1/t19-,23?,27?/m0/s1. The first-order chi connectivity index (χ1) is 14.4. The van der Waals surface area contributed by atoms with E-state index < -0.39 is 5.92 Å². The molecule has 5 nitrogen and oxygen atoms in total. The van der Waals surface area contributed by atoms with Crippen molar-refractivity contribution in [3.05, 3.63) is 71.3 Å². The number of piperidine rings is 1. The number of ketones is 1. The fraction of sp³-hybridized carbons (Fsp3) is 0.400. The third-order valence-corrected chi connectivity index (χ3v) is 6.17. The normalized spacial score (nSPS) is 22.1. The lowest BCUT2D eigenvalue weighted by Gasteiger charge is -2.41. The lowest BCUT2D eigenvalue weighted by atomic mass is 9.94. The summed E-state index contributed by atoms with van der Waals surface area (Å²) < 4.78 is 0.327. The van der Waals surface area contributed by atoms with E-state index in [0.717, 1.165) is 6.42 Å². The van der Waals surface area contributed by atoms with E-state index >= 15 is 0 Å². The van der Waals surface area contributed by atoms with Gasteiger partial charge in [-0.2, -0.15) is 5.26 Å². The minimum Gasteiger partial charge on any atom is -0.393 e. The molecule has 1 heterocycles. The largest absolute Gasteiger partial charge is 0.393 e. The molecule has 156 valence electrons. The maximum atomic E-state index is 13.5. The number of amides is 1. The summed E-state index contributed by atoms with van der Waals surface area (Å²) in [5.41, 5.74) is 2.22. The van der Waals surface area contributed by atoms with Crippen molar-refractivity contribution < 1.29 is 19.2 Å². The van der Waals surface area contributed by atoms with E-state index in [0.29, 0.717) is 48.1 Å². The van der Waals surface area contributed by atoms with Crippen molar-refractivity contribution in [2.24, 2.45) is 5.92 Å². The smallest absolute Gasteiger partial charge is 0.316 e. The third kappa shape index (κ3) is 5.21. The van der Waals surface area contributed by atoms with Crippen molar-refractivity contribution in [3.8, 4) is 6.07 Å². The Morgan fingerprint density at radius 2 is 1.73 bits per heavy atom. The zero-order valence-corrected chi connectivity index (χ0v) is 17.5. The summed E-state index contributed by atoms with van der Waals surface area (Å²) in [6, 6.07) is 18.7. The van der Waals surface area contributed by atoms with Crippen molar-refractivity contribution in [1.82, 2.24) is 0 Å². The molecule has 2 aromatic carbocycles. The maximum absolute atomic E-state index is 13.5. The number of nitriles is 1. The summed E-state index contributed by atoms with van der Waals surface area (Å²) in [5, 5.41) is 18.9. The highest BCUT2D eigenvalue weighted by Crippen LogP contribution is 2.26. The Hall–Kier alpha value is -2.81. The van der Waals surface area contributed by atoms with E-state index in [-0.39, 0.29) is 24.2 Å². The molecule has 0 unspecified atom stereocenters. The number of nitrogens with zero attached hydrogens (tertiary/aromatic N) is 2. The van der Waals surface area contributed by atoms with Crippen LogP contribution in [0.5, 0.6) is 0 Å². The average molecular weight is 406 g/mol. The van der Waals surface area contributed by atoms with Crippen molar-refractivity contribution >= 4 is 11.7 Å². The van der Waals surface area contributed by atoms with Gasteiger partial charge in [0.1, 0.15) is 0 Å². The van der Waals surface area contributed by atoms with Gasteiger partial charge in [0, 0.05) is 31.2 Å². The summed E-state index contributed by atoms with van der Waals surface area (Å²) in [6.07, 6.45) is 1.81. The summed E-state index contributed by atoms with van der Waals surface area (Å²) in [4.78, 5) is 26.2. The van der Waals surface area contributed by atoms with Gasteiger partial charge in [0.05, 0.1) is 43.3 Å². The zero-order valence-electron chi connectivity index (χ0n) is 17.5. The average Bonchev–Trinajstić information content (AvgIpc) is 2.79. The first-order valence-corrected chi connectivity index (χ1v) is 10.6. The topological polar surface area (TPSA) is 78.2 Å². The second kappa shape index (κ2) is 9.80. The van der Waals surface area contributed by atoms with Gasteiger partial charge in [-0.25, -0.2) is 4.79 Å². The molecule has 3 rings (SSSR count). The number of aliphatic hydroxyl groups is 1. The van der Waals surface area contributed by atoms with Crippen LogP contribution in [0.2, 0.25) is 0 Å². The number of hydrogen-bond acceptors (Lipinski definition) is 4. The first-order valence-electron chi connectivity index (χ1n) is 10.6. The first kappa shape index (κ1) is 21.9. The van der Waals surface area contributed by atoms with E-state index in [2.05, 4.69) is 12.1 Å². The predicted molar refractivity (Wildman–Crippen MR) is 115 cm³/mol. The van der Waals surface area contributed by atoms with Crippen LogP contribution < -0.4 is 0 Å². The molecule has 1 N–H and O–H groups in total. The Balaban J connectivity index is 1.71. The lowest BCUT2D eigenvalue weighted by molar-refractivity contribution is -0.862. The molecule has 1 aliphatic heterocycles. The molecular formula is C25H29N2O3+. The van der Waals surface area contributed by atoms with Crippen LogP contribution in [0.1, 0.15) is 47.7 Å². The quantitative estimate of drug-likeness (QED) is 0.565. The summed E-state index contributed by atoms with van der Waals surface area (Å²) >= 11 is 0. The second-order valence-electron chi connectivity index (χ2n) is 8.34. The van der Waals surface area contributed by atoms with Gasteiger partial charge in [-0.1, -0.05) is 42.5 Å². The molecule has 0 spiro atoms. The van der Waals surface area contributed by atoms with Crippen LogP contribution in [0.3, 0.4) is 0 Å². The van der Waals surface area contributed by atoms with E-state index in [9.17, 15) is 14.7 Å². The van der Waals surface area contributed by atoms with Gasteiger partial charge in [-0.3, -0.25) is 9.28 Å². The van der Waals surface area contributed by atoms with Crippen LogP contribution in [-0.2, 0) is 11.2 Å². The molecule has 0 aliphatic carbocycles. The van der Waals surface area contributed by atoms with Crippen molar-refractivity contribution in [1.29, 1.82) is 5.26 Å². The van der Waals surface area contributed by atoms with Gasteiger partial charge in [-0.05, 0) is 24.6 Å². The predicted octanol–water partition coefficient (Wildman–Crippen LogP) is 3.51. The molecule has 1 atom stereocenters. The SMILES string of the molecule is C[C@@H](CC(=O)c1ccc(C#N)cc1)C(=O)[N+]1(CCc2ccccc2)CCC(O)CC1. The lowest BCUT2D eigenvalue weighted by Crippen LogP contribution is -2.60. The highest BCUT2D eigenvalue weighted by Gasteiger charge is 2.42. The molecular weight excluding hydrogens is 376 g/mol. The Morgan fingerprint density at radius 3 is 2.33 bits per heavy atom. The van der Waals surface area contributed by atoms with Gasteiger partial charge in [-0.15, -0.1) is 0 Å². The summed E-state index contributed by atoms with van der Waals surface area (Å²) in [5.74, 6) is -0.405. The van der Waals surface area contributed by atoms with Crippen LogP contribution in [-0.4, -0.2) is 47.0 Å². The number of Topliss-reactive ketones (excluding diaryl/α,β-unsaturated/α-hetero) is 1. The molecule has 1 fully saturated rings. The Kier molecular flexibility index (Phi) is 7.15. The van der Waals surface area contributed by atoms with E-state index in [1.165, 1.54) is 5.56 Å². The van der Waals surface area contributed by atoms with Crippen LogP contribution in [0.4, 0.5) is 0 Å². The maximum Gasteiger partial charge on any atom is 0.316 e. The molecule has 5 heteroatoms. The number of hydrogen-bond donors (Lipinski definition) is 1. The van der Waals surface area contributed by atoms with Crippen LogP contribution in [0, 0.1) is 17.2 Å². The Labute approximate surface area is 178 Å². The number of quaternary nitrogens is 1. The van der Waals surface area contributed by atoms with Gasteiger partial charge < -0.3 is 5.11 Å². The highest BCUT2D eigenvalue weighted by molar-refractivity contribution is 5.98. The van der Waals surface area contributed by atoms with Gasteiger partial charge >= 0.3 is 5.91 Å². The Morgan fingerprint density at radius 1 is 1.10 bits per heavy atom. The minimum atomic E-state index is -0.404. The number of benzene rings is 2. The van der Waals surface area contributed by atoms with Crippen LogP contribution >= 0.6 is 0 Å². The molecule has 2 aromatic rings. The van der Waals surface area contributed by atoms with E-state index in [4.69, 9.17) is 5.26 Å². The molecule has 0 saturated carbocycles. The van der Waals surface area contributed by atoms with Crippen molar-refractivity contribution in [2.75, 3.05) is 19.6 Å². The number of rotatable bonds is 7. The molecule has 0 bridgehead atoms. The molecule has 0 aromatic heterocycles. The molecule has 30 heavy (non-hydrogen) atoms. The Bertz CT molecular complexity index is 908. The van der Waals surface area contributed by atoms with E-state index in [1.54, 1.807) is 24.3 Å². The second-order valence-corrected chi connectivity index (χ2v) is 8.34. The van der Waals surface area contributed by atoms with Crippen LogP contribution in [0.25, 0.3) is 0 Å². The molecule has 1 saturated heterocycles. The highest BCUT2D eigenvalue weighted by atomic mass is 16.3. The fourth-order valence-electron chi connectivity index (χ4n) is 4.27. The summed E-state index contributed by atoms with van der Waals surface area (Å²) in [6.45, 7) is 3.74. The number of aliphatic hydroxyl groups excluding tert-OH is 1. The summed E-state index contributed by atoms with van der Waals surface area (Å²) in [7, 11) is 0. The van der Waals surface area contributed by atoms with Gasteiger partial charge in [0.2, 0.25) is 0 Å². The zero-order chi connectivity index (χ0) is 21.6. The molecule has 1 amide bonds. The fourth-order valence-corrected chi connectivity index (χ4v) is 4.27. The number of likely N-dealkylation sites (tertiary alicyclic amines) is 1. The third-order valence-electron chi connectivity index (χ3n) is 6.17. The van der Waals surface area contributed by atoms with Crippen molar-refractivity contribution in [3.63, 3.8) is 0 Å². The van der Waals surface area contributed by atoms with Gasteiger partial charge in [0.15, 0.2) is 5.78 Å². The monoisotopic (exact) mass is 405 g/mol. The van der Waals surface area contributed by atoms with E-state index in [1.807, 2.05) is 31.2 Å². The van der Waals surface area contributed by atoms with Gasteiger partial charge in [0.25, 0.3) is 0 Å². The minimum absolute atomic E-state index is 0.0832. The molecule has 0 radical (unpaired) electrons.